The number of pyridine rings is 1. The van der Waals surface area contributed by atoms with Gasteiger partial charge in [0.1, 0.15) is 0 Å². The van der Waals surface area contributed by atoms with Crippen molar-refractivity contribution in [1.82, 2.24) is 21.2 Å². The Morgan fingerprint density at radius 3 is 2.59 bits per heavy atom. The van der Waals surface area contributed by atoms with E-state index in [-0.39, 0.29) is 25.4 Å². The largest absolute Gasteiger partial charge is 0.343 e. The molecule has 1 aromatic heterocycles. The second-order valence-corrected chi connectivity index (χ2v) is 7.64. The molecule has 2 heterocycles. The molecule has 1 aliphatic rings. The molecule has 1 atom stereocenters. The first-order valence-electron chi connectivity index (χ1n) is 10.6. The predicted molar refractivity (Wildman–Crippen MR) is 118 cm³/mol. The van der Waals surface area contributed by atoms with Crippen molar-refractivity contribution in [3.8, 4) is 0 Å². The standard InChI is InChI=1S/C23H27N5O4/c1-2-3-5-16-7-9-19(10-8-16)28-15-18(12-21(28)30)23(32)27-26-20(29)14-25-22(31)17-6-4-11-24-13-17/h4,6-11,13,18H,2-3,5,12,14-15H2,1H3,(H,25,31)(H,26,29)(H,27,32)/t18-/m1/s1. The number of hydrazine groups is 1. The fraction of sp³-hybridized carbons (Fsp3) is 0.348. The Morgan fingerprint density at radius 1 is 1.12 bits per heavy atom. The van der Waals surface area contributed by atoms with E-state index >= 15 is 0 Å². The molecule has 0 radical (unpaired) electrons. The van der Waals surface area contributed by atoms with Crippen LogP contribution in [0.25, 0.3) is 0 Å². The molecule has 0 spiro atoms. The predicted octanol–water partition coefficient (Wildman–Crippen LogP) is 1.35. The van der Waals surface area contributed by atoms with Gasteiger partial charge in [0.15, 0.2) is 0 Å². The van der Waals surface area contributed by atoms with Gasteiger partial charge < -0.3 is 10.2 Å². The summed E-state index contributed by atoms with van der Waals surface area (Å²) in [6.45, 7) is 2.07. The molecule has 1 aromatic carbocycles. The highest BCUT2D eigenvalue weighted by Crippen LogP contribution is 2.25. The Morgan fingerprint density at radius 2 is 1.91 bits per heavy atom. The first kappa shape index (κ1) is 22.9. The number of nitrogens with zero attached hydrogens (tertiary/aromatic N) is 2. The molecule has 9 heteroatoms. The highest BCUT2D eigenvalue weighted by atomic mass is 16.2. The lowest BCUT2D eigenvalue weighted by atomic mass is 10.1. The lowest BCUT2D eigenvalue weighted by molar-refractivity contribution is -0.131. The van der Waals surface area contributed by atoms with Crippen molar-refractivity contribution in [3.05, 3.63) is 59.9 Å². The number of hydrogen-bond acceptors (Lipinski definition) is 5. The second-order valence-electron chi connectivity index (χ2n) is 7.64. The molecule has 1 fully saturated rings. The number of benzene rings is 1. The molecule has 2 aromatic rings. The number of hydrogen-bond donors (Lipinski definition) is 3. The van der Waals surface area contributed by atoms with Crippen LogP contribution in [0.4, 0.5) is 5.69 Å². The third-order valence-corrected chi connectivity index (χ3v) is 5.22. The van der Waals surface area contributed by atoms with Gasteiger partial charge in [-0.3, -0.25) is 35.0 Å². The normalized spacial score (nSPS) is 15.3. The number of aryl methyl sites for hydroxylation is 1. The van der Waals surface area contributed by atoms with E-state index in [2.05, 4.69) is 28.1 Å². The van der Waals surface area contributed by atoms with Crippen molar-refractivity contribution in [3.63, 3.8) is 0 Å². The van der Waals surface area contributed by atoms with E-state index in [0.717, 1.165) is 24.9 Å². The quantitative estimate of drug-likeness (QED) is 0.539. The van der Waals surface area contributed by atoms with Crippen LogP contribution in [-0.4, -0.2) is 41.7 Å². The molecule has 0 saturated carbocycles. The van der Waals surface area contributed by atoms with Crippen LogP contribution in [0.1, 0.15) is 42.1 Å². The maximum Gasteiger partial charge on any atom is 0.257 e. The van der Waals surface area contributed by atoms with Gasteiger partial charge in [-0.2, -0.15) is 0 Å². The Hall–Kier alpha value is -3.75. The summed E-state index contributed by atoms with van der Waals surface area (Å²) < 4.78 is 0. The van der Waals surface area contributed by atoms with Crippen LogP contribution in [0.2, 0.25) is 0 Å². The topological polar surface area (TPSA) is 120 Å². The van der Waals surface area contributed by atoms with Crippen LogP contribution in [0, 0.1) is 5.92 Å². The number of nitrogens with one attached hydrogen (secondary N) is 3. The zero-order valence-corrected chi connectivity index (χ0v) is 18.0. The van der Waals surface area contributed by atoms with E-state index < -0.39 is 23.6 Å². The number of anilines is 1. The van der Waals surface area contributed by atoms with Crippen molar-refractivity contribution in [1.29, 1.82) is 0 Å². The van der Waals surface area contributed by atoms with Gasteiger partial charge in [-0.15, -0.1) is 0 Å². The minimum Gasteiger partial charge on any atom is -0.343 e. The van der Waals surface area contributed by atoms with Gasteiger partial charge in [-0.05, 0) is 42.7 Å². The number of unbranched alkanes of at least 4 members (excludes halogenated alkanes) is 1. The average molecular weight is 438 g/mol. The van der Waals surface area contributed by atoms with Crippen LogP contribution in [-0.2, 0) is 20.8 Å². The Kier molecular flexibility index (Phi) is 7.91. The van der Waals surface area contributed by atoms with E-state index in [4.69, 9.17) is 0 Å². The molecule has 3 N–H and O–H groups in total. The van der Waals surface area contributed by atoms with Crippen molar-refractivity contribution < 1.29 is 19.2 Å². The molecule has 0 unspecified atom stereocenters. The first-order valence-corrected chi connectivity index (χ1v) is 10.6. The van der Waals surface area contributed by atoms with E-state index in [1.807, 2.05) is 24.3 Å². The summed E-state index contributed by atoms with van der Waals surface area (Å²) in [6.07, 6.45) is 6.22. The monoisotopic (exact) mass is 437 g/mol. The Labute approximate surface area is 186 Å². The minimum absolute atomic E-state index is 0.0665. The van der Waals surface area contributed by atoms with Crippen LogP contribution in [0.5, 0.6) is 0 Å². The minimum atomic E-state index is -0.584. The molecule has 0 bridgehead atoms. The SMILES string of the molecule is CCCCc1ccc(N2C[C@H](C(=O)NNC(=O)CNC(=O)c3cccnc3)CC2=O)cc1. The zero-order valence-electron chi connectivity index (χ0n) is 18.0. The molecule has 4 amide bonds. The highest BCUT2D eigenvalue weighted by Gasteiger charge is 2.35. The summed E-state index contributed by atoms with van der Waals surface area (Å²) in [5.74, 6) is -2.20. The van der Waals surface area contributed by atoms with Gasteiger partial charge >= 0.3 is 0 Å². The molecule has 168 valence electrons. The molecule has 3 rings (SSSR count). The van der Waals surface area contributed by atoms with Crippen molar-refractivity contribution in [2.45, 2.75) is 32.6 Å². The number of amides is 4. The van der Waals surface area contributed by atoms with Gasteiger partial charge in [0.05, 0.1) is 18.0 Å². The molecule has 1 saturated heterocycles. The third kappa shape index (κ3) is 6.13. The van der Waals surface area contributed by atoms with Crippen molar-refractivity contribution in [2.24, 2.45) is 5.92 Å². The average Bonchev–Trinajstić information content (AvgIpc) is 3.22. The fourth-order valence-corrected chi connectivity index (χ4v) is 3.39. The summed E-state index contributed by atoms with van der Waals surface area (Å²) in [6, 6.07) is 11.0. The van der Waals surface area contributed by atoms with Crippen molar-refractivity contribution in [2.75, 3.05) is 18.0 Å². The van der Waals surface area contributed by atoms with Gasteiger partial charge in [0, 0.05) is 31.0 Å². The van der Waals surface area contributed by atoms with Gasteiger partial charge in [-0.25, -0.2) is 0 Å². The van der Waals surface area contributed by atoms with Crippen LogP contribution in [0.15, 0.2) is 48.8 Å². The molecule has 0 aliphatic carbocycles. The van der Waals surface area contributed by atoms with Crippen LogP contribution >= 0.6 is 0 Å². The maximum absolute atomic E-state index is 12.4. The summed E-state index contributed by atoms with van der Waals surface area (Å²) in [5, 5.41) is 2.44. The molecule has 9 nitrogen and oxygen atoms in total. The molecule has 1 aliphatic heterocycles. The lowest BCUT2D eigenvalue weighted by Crippen LogP contribution is -2.48. The number of rotatable bonds is 8. The zero-order chi connectivity index (χ0) is 22.9. The molecule has 32 heavy (non-hydrogen) atoms. The van der Waals surface area contributed by atoms with Crippen LogP contribution in [0.3, 0.4) is 0 Å². The maximum atomic E-state index is 12.4. The number of carbonyl (C=O) groups excluding carboxylic acids is 4. The summed E-state index contributed by atoms with van der Waals surface area (Å²) in [5.41, 5.74) is 6.90. The molecular weight excluding hydrogens is 410 g/mol. The Bertz CT molecular complexity index is 962. The summed E-state index contributed by atoms with van der Waals surface area (Å²) >= 11 is 0. The van der Waals surface area contributed by atoms with Gasteiger partial charge in [-0.1, -0.05) is 25.5 Å². The summed E-state index contributed by atoms with van der Waals surface area (Å²) in [4.78, 5) is 54.1. The van der Waals surface area contributed by atoms with E-state index in [1.54, 1.807) is 17.0 Å². The van der Waals surface area contributed by atoms with E-state index in [9.17, 15) is 19.2 Å². The number of aromatic nitrogens is 1. The highest BCUT2D eigenvalue weighted by molar-refractivity contribution is 6.00. The van der Waals surface area contributed by atoms with E-state index in [0.29, 0.717) is 5.56 Å². The number of carbonyl (C=O) groups is 4. The van der Waals surface area contributed by atoms with Crippen molar-refractivity contribution >= 4 is 29.3 Å². The second kappa shape index (κ2) is 11.0. The van der Waals surface area contributed by atoms with Gasteiger partial charge in [0.2, 0.25) is 11.8 Å². The Balaban J connectivity index is 1.44. The fourth-order valence-electron chi connectivity index (χ4n) is 3.39. The van der Waals surface area contributed by atoms with Gasteiger partial charge in [0.25, 0.3) is 11.8 Å². The van der Waals surface area contributed by atoms with Crippen LogP contribution < -0.4 is 21.1 Å². The lowest BCUT2D eigenvalue weighted by Gasteiger charge is -2.17. The third-order valence-electron chi connectivity index (χ3n) is 5.22. The smallest absolute Gasteiger partial charge is 0.257 e. The molecular formula is C23H27N5O4. The van der Waals surface area contributed by atoms with E-state index in [1.165, 1.54) is 18.0 Å². The first-order chi connectivity index (χ1) is 15.5. The summed E-state index contributed by atoms with van der Waals surface area (Å²) in [7, 11) is 0.